The first kappa shape index (κ1) is 12.9. The van der Waals surface area contributed by atoms with Gasteiger partial charge in [-0.1, -0.05) is 30.0 Å². The lowest BCUT2D eigenvalue weighted by Crippen LogP contribution is -2.46. The smallest absolute Gasteiger partial charge is 0.157 e. The van der Waals surface area contributed by atoms with Gasteiger partial charge in [0.1, 0.15) is 5.75 Å². The lowest BCUT2D eigenvalue weighted by molar-refractivity contribution is 0.269. The summed E-state index contributed by atoms with van der Waals surface area (Å²) in [5.41, 5.74) is 1.38. The maximum Gasteiger partial charge on any atom is 0.157 e. The van der Waals surface area contributed by atoms with Gasteiger partial charge in [0.05, 0.1) is 12.6 Å². The van der Waals surface area contributed by atoms with Gasteiger partial charge in [-0.3, -0.25) is 4.99 Å². The van der Waals surface area contributed by atoms with Crippen molar-refractivity contribution >= 4 is 16.9 Å². The standard InChI is InChI=1S/C15H20N2OS/c1-15(2)8-10-19-14(17-15)16-12-7-9-18-13-6-4-3-5-11(12)13/h3-6,12H,7-10H2,1-2H3,(H,16,17). The Balaban J connectivity index is 1.84. The molecule has 2 aliphatic heterocycles. The predicted octanol–water partition coefficient (Wildman–Crippen LogP) is 3.37. The van der Waals surface area contributed by atoms with E-state index >= 15 is 0 Å². The molecule has 1 saturated heterocycles. The molecule has 0 bridgehead atoms. The summed E-state index contributed by atoms with van der Waals surface area (Å²) in [5.74, 6) is 2.13. The van der Waals surface area contributed by atoms with E-state index in [4.69, 9.17) is 9.73 Å². The fraction of sp³-hybridized carbons (Fsp3) is 0.533. The number of nitrogens with zero attached hydrogens (tertiary/aromatic N) is 1. The van der Waals surface area contributed by atoms with E-state index in [2.05, 4.69) is 31.3 Å². The molecule has 1 aromatic rings. The number of hydrogen-bond donors (Lipinski definition) is 1. The molecule has 0 spiro atoms. The van der Waals surface area contributed by atoms with Crippen molar-refractivity contribution in [3.05, 3.63) is 29.8 Å². The Bertz CT molecular complexity index is 499. The third-order valence-corrected chi connectivity index (χ3v) is 4.50. The van der Waals surface area contributed by atoms with Crippen LogP contribution in [0.4, 0.5) is 0 Å². The molecule has 1 aromatic carbocycles. The minimum Gasteiger partial charge on any atom is -0.493 e. The monoisotopic (exact) mass is 276 g/mol. The molecule has 3 rings (SSSR count). The molecule has 1 fully saturated rings. The molecule has 0 saturated carbocycles. The third-order valence-electron chi connectivity index (χ3n) is 3.61. The first-order valence-corrected chi connectivity index (χ1v) is 7.83. The normalized spacial score (nSPS) is 27.3. The Hall–Kier alpha value is -1.16. The number of aliphatic imine (C=N–C) groups is 1. The minimum absolute atomic E-state index is 0.161. The SMILES string of the molecule is CC1(C)CCSC(=NC2CCOc3ccccc32)N1. The summed E-state index contributed by atoms with van der Waals surface area (Å²) in [7, 11) is 0. The molecule has 0 aliphatic carbocycles. The maximum absolute atomic E-state index is 5.69. The summed E-state index contributed by atoms with van der Waals surface area (Å²) in [5, 5.41) is 4.62. The number of para-hydroxylation sites is 1. The Labute approximate surface area is 118 Å². The van der Waals surface area contributed by atoms with Crippen molar-refractivity contribution in [3.63, 3.8) is 0 Å². The maximum atomic E-state index is 5.69. The number of ether oxygens (including phenoxy) is 1. The van der Waals surface area contributed by atoms with E-state index in [1.54, 1.807) is 0 Å². The lowest BCUT2D eigenvalue weighted by Gasteiger charge is -2.33. The van der Waals surface area contributed by atoms with Gasteiger partial charge >= 0.3 is 0 Å². The molecular formula is C15H20N2OS. The summed E-state index contributed by atoms with van der Waals surface area (Å²) in [4.78, 5) is 4.92. The van der Waals surface area contributed by atoms with Crippen LogP contribution in [0, 0.1) is 0 Å². The van der Waals surface area contributed by atoms with Crippen LogP contribution in [0.15, 0.2) is 29.3 Å². The third kappa shape index (κ3) is 2.89. The number of benzene rings is 1. The largest absolute Gasteiger partial charge is 0.493 e. The van der Waals surface area contributed by atoms with Gasteiger partial charge in [0.2, 0.25) is 0 Å². The molecule has 2 heterocycles. The van der Waals surface area contributed by atoms with Crippen molar-refractivity contribution in [1.82, 2.24) is 5.32 Å². The van der Waals surface area contributed by atoms with Crippen molar-refractivity contribution in [3.8, 4) is 5.75 Å². The second kappa shape index (κ2) is 5.08. The van der Waals surface area contributed by atoms with Gasteiger partial charge < -0.3 is 10.1 Å². The van der Waals surface area contributed by atoms with E-state index < -0.39 is 0 Å². The summed E-state index contributed by atoms with van der Waals surface area (Å²) >= 11 is 1.83. The Morgan fingerprint density at radius 1 is 1.37 bits per heavy atom. The average molecular weight is 276 g/mol. The number of fused-ring (bicyclic) bond motifs is 1. The summed E-state index contributed by atoms with van der Waals surface area (Å²) < 4.78 is 5.69. The zero-order valence-electron chi connectivity index (χ0n) is 11.5. The molecule has 2 aliphatic rings. The van der Waals surface area contributed by atoms with Crippen LogP contribution in [0.2, 0.25) is 0 Å². The van der Waals surface area contributed by atoms with Crippen LogP contribution in [0.5, 0.6) is 5.75 Å². The van der Waals surface area contributed by atoms with Gasteiger partial charge in [-0.15, -0.1) is 0 Å². The highest BCUT2D eigenvalue weighted by Crippen LogP contribution is 2.35. The van der Waals surface area contributed by atoms with Crippen molar-refractivity contribution in [1.29, 1.82) is 0 Å². The van der Waals surface area contributed by atoms with E-state index in [9.17, 15) is 0 Å². The fourth-order valence-corrected chi connectivity index (χ4v) is 3.82. The van der Waals surface area contributed by atoms with Gasteiger partial charge in [-0.05, 0) is 26.3 Å². The van der Waals surface area contributed by atoms with Crippen molar-refractivity contribution < 1.29 is 4.74 Å². The number of thioether (sulfide) groups is 1. The Kier molecular flexibility index (Phi) is 3.44. The first-order chi connectivity index (χ1) is 9.14. The number of rotatable bonds is 1. The van der Waals surface area contributed by atoms with Crippen LogP contribution < -0.4 is 10.1 Å². The van der Waals surface area contributed by atoms with Crippen LogP contribution in [-0.2, 0) is 0 Å². The zero-order chi connectivity index (χ0) is 13.3. The van der Waals surface area contributed by atoms with E-state index in [0.717, 1.165) is 29.7 Å². The van der Waals surface area contributed by atoms with Gasteiger partial charge in [0.15, 0.2) is 5.17 Å². The highest BCUT2D eigenvalue weighted by Gasteiger charge is 2.26. The van der Waals surface area contributed by atoms with Gasteiger partial charge in [0.25, 0.3) is 0 Å². The average Bonchev–Trinajstić information content (AvgIpc) is 2.38. The van der Waals surface area contributed by atoms with Crippen LogP contribution in [0.1, 0.15) is 38.3 Å². The second-order valence-corrected chi connectivity index (χ2v) is 6.82. The molecule has 19 heavy (non-hydrogen) atoms. The first-order valence-electron chi connectivity index (χ1n) is 6.85. The second-order valence-electron chi connectivity index (χ2n) is 5.73. The van der Waals surface area contributed by atoms with E-state index in [1.165, 1.54) is 12.0 Å². The zero-order valence-corrected chi connectivity index (χ0v) is 12.3. The van der Waals surface area contributed by atoms with Crippen LogP contribution in [0.25, 0.3) is 0 Å². The molecule has 1 unspecified atom stereocenters. The van der Waals surface area contributed by atoms with E-state index in [0.29, 0.717) is 0 Å². The molecular weight excluding hydrogens is 256 g/mol. The van der Waals surface area contributed by atoms with Crippen molar-refractivity contribution in [2.75, 3.05) is 12.4 Å². The molecule has 0 amide bonds. The van der Waals surface area contributed by atoms with E-state index in [1.807, 2.05) is 23.9 Å². The quantitative estimate of drug-likeness (QED) is 0.854. The molecule has 3 nitrogen and oxygen atoms in total. The van der Waals surface area contributed by atoms with Crippen LogP contribution in [0.3, 0.4) is 0 Å². The highest BCUT2D eigenvalue weighted by molar-refractivity contribution is 8.13. The van der Waals surface area contributed by atoms with Crippen molar-refractivity contribution in [2.45, 2.75) is 38.3 Å². The molecule has 1 N–H and O–H groups in total. The van der Waals surface area contributed by atoms with Crippen LogP contribution in [-0.4, -0.2) is 23.1 Å². The molecule has 102 valence electrons. The Morgan fingerprint density at radius 3 is 3.05 bits per heavy atom. The highest BCUT2D eigenvalue weighted by atomic mass is 32.2. The fourth-order valence-electron chi connectivity index (χ4n) is 2.46. The van der Waals surface area contributed by atoms with Gasteiger partial charge in [0, 0.05) is 23.3 Å². The predicted molar refractivity (Wildman–Crippen MR) is 81.0 cm³/mol. The molecule has 1 atom stereocenters. The molecule has 4 heteroatoms. The molecule has 0 radical (unpaired) electrons. The molecule has 0 aromatic heterocycles. The number of nitrogens with one attached hydrogen (secondary N) is 1. The summed E-state index contributed by atoms with van der Waals surface area (Å²) in [6, 6.07) is 8.47. The van der Waals surface area contributed by atoms with Gasteiger partial charge in [-0.25, -0.2) is 0 Å². The topological polar surface area (TPSA) is 33.6 Å². The van der Waals surface area contributed by atoms with Crippen molar-refractivity contribution in [2.24, 2.45) is 4.99 Å². The lowest BCUT2D eigenvalue weighted by atomic mass is 10.0. The number of hydrogen-bond acceptors (Lipinski definition) is 3. The van der Waals surface area contributed by atoms with Crippen LogP contribution >= 0.6 is 11.8 Å². The van der Waals surface area contributed by atoms with E-state index in [-0.39, 0.29) is 11.6 Å². The summed E-state index contributed by atoms with van der Waals surface area (Å²) in [6.07, 6.45) is 2.14. The number of amidine groups is 1. The van der Waals surface area contributed by atoms with Gasteiger partial charge in [-0.2, -0.15) is 0 Å². The minimum atomic E-state index is 0.161. The Morgan fingerprint density at radius 2 is 2.21 bits per heavy atom. The summed E-state index contributed by atoms with van der Waals surface area (Å²) in [6.45, 7) is 5.23.